The third-order valence-electron chi connectivity index (χ3n) is 3.00. The molecule has 0 unspecified atom stereocenters. The molecule has 0 saturated heterocycles. The number of nitrogens with one attached hydrogen (secondary N) is 1. The van der Waals surface area contributed by atoms with Gasteiger partial charge in [0.2, 0.25) is 0 Å². The van der Waals surface area contributed by atoms with Crippen molar-refractivity contribution in [3.05, 3.63) is 58.1 Å². The van der Waals surface area contributed by atoms with Crippen LogP contribution < -0.4 is 5.32 Å². The van der Waals surface area contributed by atoms with E-state index in [0.29, 0.717) is 0 Å². The van der Waals surface area contributed by atoms with E-state index < -0.39 is 0 Å². The predicted octanol–water partition coefficient (Wildman–Crippen LogP) is 4.72. The minimum absolute atomic E-state index is 0.271. The maximum atomic E-state index is 9.44. The molecular weight excluding hydrogens is 302 g/mol. The first-order valence-corrected chi connectivity index (χ1v) is 7.28. The summed E-state index contributed by atoms with van der Waals surface area (Å²) in [7, 11) is 0. The molecule has 0 amide bonds. The van der Waals surface area contributed by atoms with Crippen molar-refractivity contribution in [3.8, 4) is 5.75 Å². The van der Waals surface area contributed by atoms with Crippen molar-refractivity contribution >= 4 is 21.6 Å². The number of anilines is 1. The van der Waals surface area contributed by atoms with E-state index in [2.05, 4.69) is 52.4 Å². The average molecular weight is 320 g/mol. The number of halogens is 1. The van der Waals surface area contributed by atoms with Crippen molar-refractivity contribution in [2.24, 2.45) is 0 Å². The van der Waals surface area contributed by atoms with E-state index in [0.717, 1.165) is 28.7 Å². The molecule has 0 aliphatic heterocycles. The zero-order valence-electron chi connectivity index (χ0n) is 11.0. The normalized spacial score (nSPS) is 10.4. The Balaban J connectivity index is 1.96. The predicted molar refractivity (Wildman–Crippen MR) is 83.6 cm³/mol. The van der Waals surface area contributed by atoms with Gasteiger partial charge in [-0.05, 0) is 57.7 Å². The number of hydrogen-bond donors (Lipinski definition) is 2. The van der Waals surface area contributed by atoms with E-state index >= 15 is 0 Å². The molecule has 100 valence electrons. The lowest BCUT2D eigenvalue weighted by molar-refractivity contribution is 0.471. The summed E-state index contributed by atoms with van der Waals surface area (Å²) in [5, 5.41) is 12.8. The first kappa shape index (κ1) is 13.9. The molecule has 0 fully saturated rings. The fraction of sp³-hybridized carbons (Fsp3) is 0.250. The molecule has 0 spiro atoms. The number of benzene rings is 2. The minimum Gasteiger partial charge on any atom is -0.507 e. The van der Waals surface area contributed by atoms with Crippen LogP contribution in [0.5, 0.6) is 5.75 Å². The lowest BCUT2D eigenvalue weighted by Gasteiger charge is -2.08. The second kappa shape index (κ2) is 6.62. The number of phenolic OH excluding ortho intramolecular Hbond substituents is 1. The van der Waals surface area contributed by atoms with Gasteiger partial charge in [-0.15, -0.1) is 0 Å². The van der Waals surface area contributed by atoms with Crippen LogP contribution in [0.3, 0.4) is 0 Å². The fourth-order valence-electron chi connectivity index (χ4n) is 1.94. The molecule has 3 heteroatoms. The Morgan fingerprint density at radius 1 is 1.05 bits per heavy atom. The van der Waals surface area contributed by atoms with Crippen molar-refractivity contribution < 1.29 is 5.11 Å². The van der Waals surface area contributed by atoms with Crippen molar-refractivity contribution in [1.29, 1.82) is 0 Å². The first-order chi connectivity index (χ1) is 9.19. The minimum atomic E-state index is 0.271. The number of hydrogen-bond acceptors (Lipinski definition) is 2. The fourth-order valence-corrected chi connectivity index (χ4v) is 2.37. The van der Waals surface area contributed by atoms with E-state index in [1.54, 1.807) is 6.07 Å². The summed E-state index contributed by atoms with van der Waals surface area (Å²) in [4.78, 5) is 0. The molecule has 0 saturated carbocycles. The molecule has 2 nitrogen and oxygen atoms in total. The Labute approximate surface area is 122 Å². The summed E-state index contributed by atoms with van der Waals surface area (Å²) < 4.78 is 0.727. The van der Waals surface area contributed by atoms with E-state index in [1.807, 2.05) is 12.1 Å². The van der Waals surface area contributed by atoms with Crippen molar-refractivity contribution in [3.63, 3.8) is 0 Å². The van der Waals surface area contributed by atoms with Crippen molar-refractivity contribution in [1.82, 2.24) is 0 Å². The largest absolute Gasteiger partial charge is 0.507 e. The van der Waals surface area contributed by atoms with Gasteiger partial charge in [0.25, 0.3) is 0 Å². The highest BCUT2D eigenvalue weighted by Crippen LogP contribution is 2.24. The lowest BCUT2D eigenvalue weighted by atomic mass is 10.1. The van der Waals surface area contributed by atoms with Crippen LogP contribution >= 0.6 is 15.9 Å². The molecule has 0 heterocycles. The number of phenols is 1. The van der Waals surface area contributed by atoms with Crippen LogP contribution in [-0.2, 0) is 13.0 Å². The first-order valence-electron chi connectivity index (χ1n) is 6.49. The summed E-state index contributed by atoms with van der Waals surface area (Å²) in [6.07, 6.45) is 2.31. The summed E-state index contributed by atoms with van der Waals surface area (Å²) in [6, 6.07) is 14.1. The Morgan fingerprint density at radius 2 is 1.74 bits per heavy atom. The van der Waals surface area contributed by atoms with Gasteiger partial charge >= 0.3 is 0 Å². The topological polar surface area (TPSA) is 32.3 Å². The standard InChI is InChI=1S/C16H18BrNO/c1-2-3-12-4-7-14(8-5-12)18-11-13-6-9-16(19)15(17)10-13/h4-10,18-19H,2-3,11H2,1H3. The SMILES string of the molecule is CCCc1ccc(NCc2ccc(O)c(Br)c2)cc1. The van der Waals surface area contributed by atoms with Gasteiger partial charge in [0, 0.05) is 12.2 Å². The third kappa shape index (κ3) is 4.00. The van der Waals surface area contributed by atoms with Crippen LogP contribution in [0.25, 0.3) is 0 Å². The van der Waals surface area contributed by atoms with Crippen LogP contribution in [0.1, 0.15) is 24.5 Å². The zero-order chi connectivity index (χ0) is 13.7. The molecule has 0 aliphatic carbocycles. The molecule has 0 atom stereocenters. The molecular formula is C16H18BrNO. The molecule has 19 heavy (non-hydrogen) atoms. The van der Waals surface area contributed by atoms with E-state index in [4.69, 9.17) is 0 Å². The Morgan fingerprint density at radius 3 is 2.37 bits per heavy atom. The quantitative estimate of drug-likeness (QED) is 0.835. The van der Waals surface area contributed by atoms with Gasteiger partial charge in [-0.25, -0.2) is 0 Å². The van der Waals surface area contributed by atoms with Gasteiger partial charge in [0.15, 0.2) is 0 Å². The number of aryl methyl sites for hydroxylation is 1. The van der Waals surface area contributed by atoms with Gasteiger partial charge in [0.1, 0.15) is 5.75 Å². The molecule has 0 bridgehead atoms. The monoisotopic (exact) mass is 319 g/mol. The van der Waals surface area contributed by atoms with Crippen LogP contribution in [0.4, 0.5) is 5.69 Å². The summed E-state index contributed by atoms with van der Waals surface area (Å²) >= 11 is 3.32. The second-order valence-corrected chi connectivity index (χ2v) is 5.44. The van der Waals surface area contributed by atoms with E-state index in [-0.39, 0.29) is 5.75 Å². The average Bonchev–Trinajstić information content (AvgIpc) is 2.42. The van der Waals surface area contributed by atoms with Gasteiger partial charge in [-0.1, -0.05) is 31.5 Å². The van der Waals surface area contributed by atoms with Gasteiger partial charge in [0.05, 0.1) is 4.47 Å². The molecule has 0 aliphatic rings. The molecule has 2 aromatic carbocycles. The second-order valence-electron chi connectivity index (χ2n) is 4.59. The maximum absolute atomic E-state index is 9.44. The molecule has 2 aromatic rings. The van der Waals surface area contributed by atoms with Gasteiger partial charge in [-0.2, -0.15) is 0 Å². The van der Waals surface area contributed by atoms with Crippen LogP contribution in [-0.4, -0.2) is 5.11 Å². The highest BCUT2D eigenvalue weighted by Gasteiger charge is 2.00. The zero-order valence-corrected chi connectivity index (χ0v) is 12.6. The van der Waals surface area contributed by atoms with Gasteiger partial charge < -0.3 is 10.4 Å². The Kier molecular flexibility index (Phi) is 4.86. The summed E-state index contributed by atoms with van der Waals surface area (Å²) in [6.45, 7) is 2.93. The highest BCUT2D eigenvalue weighted by molar-refractivity contribution is 9.10. The lowest BCUT2D eigenvalue weighted by Crippen LogP contribution is -1.99. The third-order valence-corrected chi connectivity index (χ3v) is 3.64. The van der Waals surface area contributed by atoms with Crippen LogP contribution in [0.15, 0.2) is 46.9 Å². The van der Waals surface area contributed by atoms with Gasteiger partial charge in [-0.3, -0.25) is 0 Å². The molecule has 0 aromatic heterocycles. The summed E-state index contributed by atoms with van der Waals surface area (Å²) in [5.41, 5.74) is 3.62. The van der Waals surface area contributed by atoms with E-state index in [9.17, 15) is 5.11 Å². The summed E-state index contributed by atoms with van der Waals surface area (Å²) in [5.74, 6) is 0.271. The highest BCUT2D eigenvalue weighted by atomic mass is 79.9. The smallest absolute Gasteiger partial charge is 0.129 e. The molecule has 2 rings (SSSR count). The number of aromatic hydroxyl groups is 1. The van der Waals surface area contributed by atoms with Crippen molar-refractivity contribution in [2.45, 2.75) is 26.3 Å². The van der Waals surface area contributed by atoms with Crippen LogP contribution in [0, 0.1) is 0 Å². The van der Waals surface area contributed by atoms with Crippen molar-refractivity contribution in [2.75, 3.05) is 5.32 Å². The van der Waals surface area contributed by atoms with Crippen LogP contribution in [0.2, 0.25) is 0 Å². The number of rotatable bonds is 5. The Hall–Kier alpha value is -1.48. The Bertz CT molecular complexity index is 537. The van der Waals surface area contributed by atoms with E-state index in [1.165, 1.54) is 12.0 Å². The maximum Gasteiger partial charge on any atom is 0.129 e. The molecule has 0 radical (unpaired) electrons. The molecule has 2 N–H and O–H groups in total.